The monoisotopic (exact) mass is 278 g/mol. The number of rotatable bonds is 4. The van der Waals surface area contributed by atoms with Crippen molar-refractivity contribution in [3.63, 3.8) is 0 Å². The first-order valence-corrected chi connectivity index (χ1v) is 6.83. The second-order valence-corrected chi connectivity index (χ2v) is 5.01. The fourth-order valence-electron chi connectivity index (χ4n) is 2.22. The van der Waals surface area contributed by atoms with Crippen molar-refractivity contribution in [2.45, 2.75) is 13.8 Å². The highest BCUT2D eigenvalue weighted by molar-refractivity contribution is 6.17. The Hall–Kier alpha value is -2.61. The zero-order chi connectivity index (χ0) is 15.2. The molecule has 0 saturated carbocycles. The quantitative estimate of drug-likeness (QED) is 0.648. The minimum atomic E-state index is -0.893. The van der Waals surface area contributed by atoms with Crippen LogP contribution in [0.2, 0.25) is 0 Å². The van der Waals surface area contributed by atoms with Gasteiger partial charge in [0.05, 0.1) is 5.57 Å². The lowest BCUT2D eigenvalue weighted by Crippen LogP contribution is -2.03. The molecule has 21 heavy (non-hydrogen) atoms. The van der Waals surface area contributed by atoms with Crippen LogP contribution in [0.3, 0.4) is 0 Å². The average Bonchev–Trinajstić information content (AvgIpc) is 2.47. The third-order valence-electron chi connectivity index (χ3n) is 3.20. The van der Waals surface area contributed by atoms with E-state index in [0.717, 1.165) is 22.3 Å². The summed E-state index contributed by atoms with van der Waals surface area (Å²) in [7, 11) is 0. The van der Waals surface area contributed by atoms with E-state index in [-0.39, 0.29) is 0 Å². The van der Waals surface area contributed by atoms with E-state index >= 15 is 0 Å². The Balaban J connectivity index is 2.45. The molecular formula is C19H18O2. The largest absolute Gasteiger partial charge is 0.478 e. The van der Waals surface area contributed by atoms with Gasteiger partial charge in [-0.25, -0.2) is 4.79 Å². The number of hydrogen-bond donors (Lipinski definition) is 1. The molecule has 0 saturated heterocycles. The topological polar surface area (TPSA) is 37.3 Å². The first kappa shape index (κ1) is 14.8. The Labute approximate surface area is 125 Å². The number of carbonyl (C=O) groups is 1. The standard InChI is InChI=1S/C19H18O2/c1-14(2)18(19(20)21)17-11-7-6-10-16(17)13-12-15-8-4-3-5-9-15/h3-13H,1-2H3,(H,20,21)/b13-12+. The van der Waals surface area contributed by atoms with Gasteiger partial charge in [-0.15, -0.1) is 0 Å². The second-order valence-electron chi connectivity index (χ2n) is 5.01. The zero-order valence-electron chi connectivity index (χ0n) is 12.2. The van der Waals surface area contributed by atoms with Gasteiger partial charge in [0, 0.05) is 0 Å². The van der Waals surface area contributed by atoms with Crippen molar-refractivity contribution in [2.75, 3.05) is 0 Å². The van der Waals surface area contributed by atoms with Gasteiger partial charge in [0.2, 0.25) is 0 Å². The molecule has 0 atom stereocenters. The molecule has 0 radical (unpaired) electrons. The van der Waals surface area contributed by atoms with Gasteiger partial charge in [-0.2, -0.15) is 0 Å². The van der Waals surface area contributed by atoms with Gasteiger partial charge in [0.15, 0.2) is 0 Å². The predicted octanol–water partition coefficient (Wildman–Crippen LogP) is 4.74. The average molecular weight is 278 g/mol. The summed E-state index contributed by atoms with van der Waals surface area (Å²) in [6, 6.07) is 17.5. The molecule has 2 nitrogen and oxygen atoms in total. The Bertz CT molecular complexity index is 691. The normalized spacial score (nSPS) is 10.6. The van der Waals surface area contributed by atoms with Crippen LogP contribution in [0.15, 0.2) is 60.2 Å². The fourth-order valence-corrected chi connectivity index (χ4v) is 2.22. The first-order chi connectivity index (χ1) is 10.1. The molecule has 106 valence electrons. The Morgan fingerprint density at radius 2 is 1.52 bits per heavy atom. The van der Waals surface area contributed by atoms with E-state index in [4.69, 9.17) is 0 Å². The number of carboxylic acids is 1. The molecule has 0 spiro atoms. The molecule has 0 aliphatic heterocycles. The van der Waals surface area contributed by atoms with Gasteiger partial charge in [-0.1, -0.05) is 72.3 Å². The third-order valence-corrected chi connectivity index (χ3v) is 3.20. The van der Waals surface area contributed by atoms with Crippen LogP contribution in [0.5, 0.6) is 0 Å². The van der Waals surface area contributed by atoms with E-state index in [1.807, 2.05) is 80.6 Å². The number of hydrogen-bond acceptors (Lipinski definition) is 1. The Kier molecular flexibility index (Phi) is 4.72. The van der Waals surface area contributed by atoms with Crippen molar-refractivity contribution in [3.05, 3.63) is 76.9 Å². The van der Waals surface area contributed by atoms with Crippen LogP contribution in [0.4, 0.5) is 0 Å². The van der Waals surface area contributed by atoms with Crippen molar-refractivity contribution >= 4 is 23.7 Å². The molecule has 0 aliphatic rings. The lowest BCUT2D eigenvalue weighted by atomic mass is 9.96. The molecule has 0 heterocycles. The Morgan fingerprint density at radius 3 is 2.14 bits per heavy atom. The van der Waals surface area contributed by atoms with E-state index in [1.54, 1.807) is 0 Å². The highest BCUT2D eigenvalue weighted by atomic mass is 16.4. The van der Waals surface area contributed by atoms with Crippen molar-refractivity contribution in [2.24, 2.45) is 0 Å². The van der Waals surface area contributed by atoms with Crippen LogP contribution >= 0.6 is 0 Å². The first-order valence-electron chi connectivity index (χ1n) is 6.83. The fraction of sp³-hybridized carbons (Fsp3) is 0.105. The van der Waals surface area contributed by atoms with Crippen LogP contribution in [0, 0.1) is 0 Å². The summed E-state index contributed by atoms with van der Waals surface area (Å²) >= 11 is 0. The molecule has 2 aromatic rings. The summed E-state index contributed by atoms with van der Waals surface area (Å²) in [5, 5.41) is 9.42. The third kappa shape index (κ3) is 3.69. The number of aliphatic carboxylic acids is 1. The van der Waals surface area contributed by atoms with Crippen molar-refractivity contribution in [1.82, 2.24) is 0 Å². The summed E-state index contributed by atoms with van der Waals surface area (Å²) in [4.78, 5) is 11.5. The van der Waals surface area contributed by atoms with Crippen molar-refractivity contribution in [1.29, 1.82) is 0 Å². The molecule has 2 rings (SSSR count). The SMILES string of the molecule is CC(C)=C(C(=O)O)c1ccccc1/C=C/c1ccccc1. The van der Waals surface area contributed by atoms with Crippen molar-refractivity contribution < 1.29 is 9.90 Å². The molecule has 0 unspecified atom stereocenters. The molecule has 2 heteroatoms. The molecule has 0 aliphatic carbocycles. The molecule has 1 N–H and O–H groups in total. The van der Waals surface area contributed by atoms with Crippen LogP contribution in [0.25, 0.3) is 17.7 Å². The highest BCUT2D eigenvalue weighted by Gasteiger charge is 2.14. The van der Waals surface area contributed by atoms with Gasteiger partial charge in [-0.05, 0) is 30.5 Å². The van der Waals surface area contributed by atoms with E-state index in [9.17, 15) is 9.90 Å². The summed E-state index contributed by atoms with van der Waals surface area (Å²) in [6.07, 6.45) is 3.94. The number of benzene rings is 2. The van der Waals surface area contributed by atoms with E-state index in [2.05, 4.69) is 0 Å². The smallest absolute Gasteiger partial charge is 0.336 e. The molecular weight excluding hydrogens is 260 g/mol. The molecule has 2 aromatic carbocycles. The molecule has 0 fully saturated rings. The minimum absolute atomic E-state index is 0.364. The molecule has 0 amide bonds. The zero-order valence-corrected chi connectivity index (χ0v) is 12.2. The molecule has 0 aromatic heterocycles. The van der Waals surface area contributed by atoms with E-state index < -0.39 is 5.97 Å². The van der Waals surface area contributed by atoms with Gasteiger partial charge < -0.3 is 5.11 Å². The summed E-state index contributed by atoms with van der Waals surface area (Å²) in [5.74, 6) is -0.893. The summed E-state index contributed by atoms with van der Waals surface area (Å²) in [6.45, 7) is 3.64. The van der Waals surface area contributed by atoms with Gasteiger partial charge in [-0.3, -0.25) is 0 Å². The Morgan fingerprint density at radius 1 is 0.905 bits per heavy atom. The maximum Gasteiger partial charge on any atom is 0.336 e. The van der Waals surface area contributed by atoms with E-state index in [1.165, 1.54) is 0 Å². The van der Waals surface area contributed by atoms with Crippen molar-refractivity contribution in [3.8, 4) is 0 Å². The highest BCUT2D eigenvalue weighted by Crippen LogP contribution is 2.24. The van der Waals surface area contributed by atoms with Gasteiger partial charge >= 0.3 is 5.97 Å². The number of carboxylic acid groups (broad SMARTS) is 1. The lowest BCUT2D eigenvalue weighted by molar-refractivity contribution is -0.130. The maximum atomic E-state index is 11.5. The minimum Gasteiger partial charge on any atom is -0.478 e. The van der Waals surface area contributed by atoms with E-state index in [0.29, 0.717) is 5.57 Å². The van der Waals surface area contributed by atoms with Crippen LogP contribution < -0.4 is 0 Å². The van der Waals surface area contributed by atoms with Crippen LogP contribution in [-0.4, -0.2) is 11.1 Å². The van der Waals surface area contributed by atoms with Gasteiger partial charge in [0.1, 0.15) is 0 Å². The maximum absolute atomic E-state index is 11.5. The summed E-state index contributed by atoms with van der Waals surface area (Å²) < 4.78 is 0. The predicted molar refractivity (Wildman–Crippen MR) is 87.7 cm³/mol. The summed E-state index contributed by atoms with van der Waals surface area (Å²) in [5.41, 5.74) is 3.89. The van der Waals surface area contributed by atoms with Crippen LogP contribution in [0.1, 0.15) is 30.5 Å². The molecule has 0 bridgehead atoms. The lowest BCUT2D eigenvalue weighted by Gasteiger charge is -2.09. The van der Waals surface area contributed by atoms with Crippen LogP contribution in [-0.2, 0) is 4.79 Å². The number of allylic oxidation sites excluding steroid dienone is 1. The second kappa shape index (κ2) is 6.71. The van der Waals surface area contributed by atoms with Gasteiger partial charge in [0.25, 0.3) is 0 Å².